The number of allylic oxidation sites excluding steroid dienone is 1. The van der Waals surface area contributed by atoms with Crippen molar-refractivity contribution in [3.63, 3.8) is 0 Å². The molecule has 1 fully saturated rings. The fourth-order valence-electron chi connectivity index (χ4n) is 9.50. The molecular weight excluding hydrogens is 811 g/mol. The van der Waals surface area contributed by atoms with E-state index in [0.29, 0.717) is 60.3 Å². The Bertz CT molecular complexity index is 2180. The van der Waals surface area contributed by atoms with Crippen molar-refractivity contribution in [1.82, 2.24) is 4.90 Å². The van der Waals surface area contributed by atoms with Crippen molar-refractivity contribution in [2.45, 2.75) is 82.6 Å². The minimum atomic E-state index is -1.54. The fourth-order valence-corrected chi connectivity index (χ4v) is 9.50. The van der Waals surface area contributed by atoms with E-state index in [-0.39, 0.29) is 69.6 Å². The summed E-state index contributed by atoms with van der Waals surface area (Å²) in [4.78, 5) is 33.4. The number of benzene rings is 3. The molecule has 63 heavy (non-hydrogen) atoms. The number of hydrogen-bond acceptors (Lipinski definition) is 13. The average Bonchev–Trinajstić information content (AvgIpc) is 3.76. The van der Waals surface area contributed by atoms with E-state index >= 15 is 0 Å². The van der Waals surface area contributed by atoms with Crippen LogP contribution in [0.3, 0.4) is 0 Å². The van der Waals surface area contributed by atoms with Gasteiger partial charge in [-0.05, 0) is 98.4 Å². The topological polar surface area (TPSA) is 181 Å². The van der Waals surface area contributed by atoms with Crippen molar-refractivity contribution in [2.75, 3.05) is 39.8 Å². The van der Waals surface area contributed by atoms with E-state index < -0.39 is 28.8 Å². The number of nitro benzene ring substituents is 1. The molecule has 0 saturated heterocycles. The summed E-state index contributed by atoms with van der Waals surface area (Å²) in [5.74, 6) is -0.0407. The predicted octanol–water partition coefficient (Wildman–Crippen LogP) is 8.98. The van der Waals surface area contributed by atoms with Crippen LogP contribution in [0, 0.1) is 27.9 Å². The SMILES string of the molecule is C=CCCOC(=O)N(Cc1ccc2c(c1)OCO2)C1CC(=NOCC)C2=CC(CCCCO)C(CCCCO)C3c4cc(Oc5cccc([N+](=O)[O-])c5)ccc4OC1(OCC=C)C23. The molecule has 0 bridgehead atoms. The van der Waals surface area contributed by atoms with Crippen LogP contribution < -0.4 is 18.9 Å². The van der Waals surface area contributed by atoms with Crippen LogP contribution in [0.25, 0.3) is 0 Å². The van der Waals surface area contributed by atoms with Crippen molar-refractivity contribution < 1.29 is 53.2 Å². The minimum Gasteiger partial charge on any atom is -0.459 e. The molecule has 4 aliphatic rings. The number of unbranched alkanes of at least 4 members (excludes halogenated alkanes) is 2. The zero-order valence-electron chi connectivity index (χ0n) is 35.7. The molecular formula is C48H57N3O12. The second kappa shape index (κ2) is 21.0. The standard InChI is InChI=1S/C48H57N3O12/c1-4-7-24-57-47(54)50(30-32-17-19-42-43(25-32)59-31-58-42)44-29-40(49-61-6-3)38-26-33(13-8-10-21-52)37(16-9-11-22-53)45-39-28-36(62-35-15-12-14-34(27-35)51(55)56)18-20-41(39)63-48(44,46(38)45)60-23-5-2/h4-5,12,14-15,17-20,25-28,33,37,44-46,52-53H,1-2,6-11,13,16,21-24,29-31H2,3H3. The lowest BCUT2D eigenvalue weighted by Crippen LogP contribution is -2.70. The largest absolute Gasteiger partial charge is 0.459 e. The van der Waals surface area contributed by atoms with E-state index in [0.717, 1.165) is 42.4 Å². The Balaban J connectivity index is 1.44. The molecule has 336 valence electrons. The van der Waals surface area contributed by atoms with Gasteiger partial charge in [0.15, 0.2) is 11.5 Å². The van der Waals surface area contributed by atoms with E-state index in [1.807, 2.05) is 37.3 Å². The first-order valence-electron chi connectivity index (χ1n) is 21.8. The smallest absolute Gasteiger partial charge is 0.410 e. The fraction of sp³-hybridized carbons (Fsp3) is 0.458. The van der Waals surface area contributed by atoms with E-state index in [9.17, 15) is 25.1 Å². The second-order valence-electron chi connectivity index (χ2n) is 16.1. The van der Waals surface area contributed by atoms with Gasteiger partial charge in [-0.25, -0.2) is 4.79 Å². The van der Waals surface area contributed by atoms with Gasteiger partial charge in [0.05, 0.1) is 35.8 Å². The van der Waals surface area contributed by atoms with Crippen LogP contribution in [-0.2, 0) is 20.9 Å². The van der Waals surface area contributed by atoms with Gasteiger partial charge in [-0.3, -0.25) is 15.0 Å². The minimum absolute atomic E-state index is 0.00729. The Morgan fingerprint density at radius 3 is 2.52 bits per heavy atom. The van der Waals surface area contributed by atoms with E-state index in [1.54, 1.807) is 35.3 Å². The van der Waals surface area contributed by atoms with Gasteiger partial charge < -0.3 is 43.5 Å². The van der Waals surface area contributed by atoms with Gasteiger partial charge in [0.25, 0.3) is 5.69 Å². The molecule has 2 aliphatic heterocycles. The maximum absolute atomic E-state index is 14.7. The Morgan fingerprint density at radius 1 is 0.984 bits per heavy atom. The maximum atomic E-state index is 14.7. The van der Waals surface area contributed by atoms with Crippen LogP contribution >= 0.6 is 0 Å². The number of aliphatic hydroxyl groups is 2. The van der Waals surface area contributed by atoms with Gasteiger partial charge in [-0.1, -0.05) is 48.4 Å². The first kappa shape index (κ1) is 45.1. The number of oxime groups is 1. The van der Waals surface area contributed by atoms with Crippen LogP contribution in [-0.4, -0.2) is 83.5 Å². The van der Waals surface area contributed by atoms with Crippen LogP contribution in [0.1, 0.15) is 75.3 Å². The molecule has 7 rings (SSSR count). The summed E-state index contributed by atoms with van der Waals surface area (Å²) in [5.41, 5.74) is 3.01. The van der Waals surface area contributed by atoms with E-state index in [2.05, 4.69) is 19.2 Å². The Kier molecular flexibility index (Phi) is 15.0. The number of fused-ring (bicyclic) bond motifs is 3. The second-order valence-corrected chi connectivity index (χ2v) is 16.1. The Hall–Kier alpha value is -5.90. The van der Waals surface area contributed by atoms with Crippen molar-refractivity contribution in [3.05, 3.63) is 119 Å². The summed E-state index contributed by atoms with van der Waals surface area (Å²) in [6, 6.07) is 16.2. The molecule has 3 aromatic rings. The summed E-state index contributed by atoms with van der Waals surface area (Å²) in [6.45, 7) is 10.5. The highest BCUT2D eigenvalue weighted by Crippen LogP contribution is 2.62. The normalized spacial score (nSPS) is 23.4. The lowest BCUT2D eigenvalue weighted by molar-refractivity contribution is -0.384. The average molecular weight is 868 g/mol. The number of carbonyl (C=O) groups is 1. The molecule has 3 aromatic carbocycles. The molecule has 2 aliphatic carbocycles. The van der Waals surface area contributed by atoms with Gasteiger partial charge in [0.2, 0.25) is 12.6 Å². The van der Waals surface area contributed by atoms with Gasteiger partial charge >= 0.3 is 6.09 Å². The van der Waals surface area contributed by atoms with Gasteiger partial charge in [-0.15, -0.1) is 13.2 Å². The van der Waals surface area contributed by atoms with Crippen LogP contribution in [0.5, 0.6) is 28.7 Å². The van der Waals surface area contributed by atoms with Crippen molar-refractivity contribution >= 4 is 17.5 Å². The number of rotatable bonds is 22. The first-order chi connectivity index (χ1) is 30.7. The molecule has 15 heteroatoms. The third kappa shape index (κ3) is 9.85. The number of non-ortho nitro benzene ring substituents is 1. The summed E-state index contributed by atoms with van der Waals surface area (Å²) < 4.78 is 38.0. The summed E-state index contributed by atoms with van der Waals surface area (Å²) >= 11 is 0. The molecule has 2 N–H and O–H groups in total. The van der Waals surface area contributed by atoms with E-state index in [4.69, 9.17) is 38.4 Å². The third-order valence-corrected chi connectivity index (χ3v) is 12.2. The molecule has 0 aromatic heterocycles. The van der Waals surface area contributed by atoms with Crippen molar-refractivity contribution in [3.8, 4) is 28.7 Å². The van der Waals surface area contributed by atoms with Crippen LogP contribution in [0.4, 0.5) is 10.5 Å². The van der Waals surface area contributed by atoms with Crippen molar-refractivity contribution in [1.29, 1.82) is 0 Å². The number of amides is 1. The van der Waals surface area contributed by atoms with Crippen LogP contribution in [0.15, 0.2) is 103 Å². The lowest BCUT2D eigenvalue weighted by Gasteiger charge is -2.59. The Morgan fingerprint density at radius 2 is 1.76 bits per heavy atom. The van der Waals surface area contributed by atoms with Gasteiger partial charge in [-0.2, -0.15) is 0 Å². The number of ether oxygens (including phenoxy) is 6. The molecule has 0 spiro atoms. The molecule has 1 amide bonds. The lowest BCUT2D eigenvalue weighted by atomic mass is 9.55. The number of nitrogens with zero attached hydrogens (tertiary/aromatic N) is 3. The third-order valence-electron chi connectivity index (χ3n) is 12.2. The summed E-state index contributed by atoms with van der Waals surface area (Å²) in [7, 11) is 0. The summed E-state index contributed by atoms with van der Waals surface area (Å²) in [6.07, 6.45) is 9.90. The Labute approximate surface area is 367 Å². The van der Waals surface area contributed by atoms with Crippen molar-refractivity contribution in [2.24, 2.45) is 22.9 Å². The molecule has 6 unspecified atom stereocenters. The zero-order chi connectivity index (χ0) is 44.3. The van der Waals surface area contributed by atoms with E-state index in [1.165, 1.54) is 12.1 Å². The summed E-state index contributed by atoms with van der Waals surface area (Å²) in [5, 5.41) is 36.3. The molecule has 6 atom stereocenters. The van der Waals surface area contributed by atoms with Gasteiger partial charge in [0.1, 0.15) is 29.9 Å². The number of hydrogen-bond donors (Lipinski definition) is 2. The molecule has 2 heterocycles. The number of nitro groups is 1. The van der Waals surface area contributed by atoms with Crippen LogP contribution in [0.2, 0.25) is 0 Å². The highest BCUT2D eigenvalue weighted by atomic mass is 16.7. The predicted molar refractivity (Wildman–Crippen MR) is 234 cm³/mol. The molecule has 0 radical (unpaired) electrons. The maximum Gasteiger partial charge on any atom is 0.410 e. The van der Waals surface area contributed by atoms with Gasteiger partial charge in [0, 0.05) is 43.7 Å². The highest BCUT2D eigenvalue weighted by molar-refractivity contribution is 6.03. The zero-order valence-corrected chi connectivity index (χ0v) is 35.7. The quantitative estimate of drug-likeness (QED) is 0.0424. The highest BCUT2D eigenvalue weighted by Gasteiger charge is 2.65. The number of carbonyl (C=O) groups excluding carboxylic acids is 1. The number of aliphatic hydroxyl groups excluding tert-OH is 2. The molecule has 15 nitrogen and oxygen atoms in total. The first-order valence-corrected chi connectivity index (χ1v) is 21.8. The monoisotopic (exact) mass is 867 g/mol. The molecule has 1 saturated carbocycles.